The third kappa shape index (κ3) is 5.31. The van der Waals surface area contributed by atoms with Crippen molar-refractivity contribution in [2.45, 2.75) is 39.3 Å². The molecule has 6 heteroatoms. The van der Waals surface area contributed by atoms with E-state index in [9.17, 15) is 4.79 Å². The first-order valence-electron chi connectivity index (χ1n) is 9.38. The molecule has 0 bridgehead atoms. The van der Waals surface area contributed by atoms with Crippen molar-refractivity contribution in [2.24, 2.45) is 0 Å². The Morgan fingerprint density at radius 3 is 2.00 bits per heavy atom. The van der Waals surface area contributed by atoms with Crippen molar-refractivity contribution in [3.05, 3.63) is 47.5 Å². The van der Waals surface area contributed by atoms with Gasteiger partial charge in [0.05, 0.1) is 21.3 Å². The van der Waals surface area contributed by atoms with Gasteiger partial charge in [0, 0.05) is 6.54 Å². The molecule has 0 aliphatic rings. The summed E-state index contributed by atoms with van der Waals surface area (Å²) in [5.74, 6) is 2.13. The van der Waals surface area contributed by atoms with Crippen LogP contribution in [0.25, 0.3) is 0 Å². The zero-order chi connectivity index (χ0) is 20.5. The van der Waals surface area contributed by atoms with Crippen LogP contribution in [0.5, 0.6) is 23.0 Å². The van der Waals surface area contributed by atoms with Crippen molar-refractivity contribution in [1.29, 1.82) is 0 Å². The molecule has 28 heavy (non-hydrogen) atoms. The van der Waals surface area contributed by atoms with Crippen LogP contribution in [-0.4, -0.2) is 33.3 Å². The molecule has 0 aliphatic heterocycles. The zero-order valence-electron chi connectivity index (χ0n) is 17.2. The third-order valence-corrected chi connectivity index (χ3v) is 4.46. The van der Waals surface area contributed by atoms with Crippen LogP contribution in [0.1, 0.15) is 31.4 Å². The van der Waals surface area contributed by atoms with E-state index in [0.29, 0.717) is 36.0 Å². The minimum absolute atomic E-state index is 0.171. The second kappa shape index (κ2) is 10.4. The van der Waals surface area contributed by atoms with Crippen LogP contribution in [0.3, 0.4) is 0 Å². The molecule has 0 fully saturated rings. The summed E-state index contributed by atoms with van der Waals surface area (Å²) in [5.41, 5.74) is 2.07. The van der Waals surface area contributed by atoms with Crippen molar-refractivity contribution < 1.29 is 23.7 Å². The van der Waals surface area contributed by atoms with E-state index in [-0.39, 0.29) is 5.91 Å². The van der Waals surface area contributed by atoms with Crippen LogP contribution in [-0.2, 0) is 17.8 Å². The quantitative estimate of drug-likeness (QED) is 0.673. The summed E-state index contributed by atoms with van der Waals surface area (Å²) in [4.78, 5) is 12.6. The highest BCUT2D eigenvalue weighted by molar-refractivity contribution is 5.81. The molecule has 0 aromatic heterocycles. The molecule has 1 amide bonds. The van der Waals surface area contributed by atoms with Gasteiger partial charge in [-0.25, -0.2) is 0 Å². The van der Waals surface area contributed by atoms with Crippen molar-refractivity contribution in [2.75, 3.05) is 21.3 Å². The number of amides is 1. The van der Waals surface area contributed by atoms with Gasteiger partial charge in [0.15, 0.2) is 17.6 Å². The van der Waals surface area contributed by atoms with Crippen LogP contribution in [0, 0.1) is 0 Å². The Balaban J connectivity index is 2.04. The lowest BCUT2D eigenvalue weighted by Gasteiger charge is -2.18. The molecule has 152 valence electrons. The topological polar surface area (TPSA) is 66.0 Å². The molecule has 6 nitrogen and oxygen atoms in total. The van der Waals surface area contributed by atoms with Gasteiger partial charge in [0.25, 0.3) is 5.91 Å². The van der Waals surface area contributed by atoms with Crippen LogP contribution in [0.15, 0.2) is 36.4 Å². The predicted octanol–water partition coefficient (Wildman–Crippen LogP) is 3.75. The van der Waals surface area contributed by atoms with Gasteiger partial charge in [0.1, 0.15) is 5.75 Å². The molecule has 1 atom stereocenters. The van der Waals surface area contributed by atoms with Gasteiger partial charge in [-0.2, -0.15) is 0 Å². The molecule has 0 spiro atoms. The minimum atomic E-state index is -0.561. The molecule has 0 saturated carbocycles. The van der Waals surface area contributed by atoms with Gasteiger partial charge in [-0.1, -0.05) is 26.0 Å². The van der Waals surface area contributed by atoms with Gasteiger partial charge < -0.3 is 24.3 Å². The maximum Gasteiger partial charge on any atom is 0.261 e. The lowest BCUT2D eigenvalue weighted by molar-refractivity contribution is -0.128. The summed E-state index contributed by atoms with van der Waals surface area (Å²) in [6.07, 6.45) is 0.970. The summed E-state index contributed by atoms with van der Waals surface area (Å²) < 4.78 is 21.9. The highest BCUT2D eigenvalue weighted by Crippen LogP contribution is 2.38. The summed E-state index contributed by atoms with van der Waals surface area (Å²) >= 11 is 0. The fraction of sp³-hybridized carbons (Fsp3) is 0.409. The SMILES string of the molecule is CCc1ccc(O[C@@H](CC)C(=O)NCc2cc(OC)c(OC)c(OC)c2)cc1. The van der Waals surface area contributed by atoms with Crippen LogP contribution < -0.4 is 24.3 Å². The number of hydrogen-bond donors (Lipinski definition) is 1. The lowest BCUT2D eigenvalue weighted by atomic mass is 10.1. The highest BCUT2D eigenvalue weighted by Gasteiger charge is 2.19. The van der Waals surface area contributed by atoms with Gasteiger partial charge in [-0.05, 0) is 48.2 Å². The number of nitrogens with one attached hydrogen (secondary N) is 1. The summed E-state index contributed by atoms with van der Waals surface area (Å²) in [7, 11) is 4.67. The van der Waals surface area contributed by atoms with E-state index in [4.69, 9.17) is 18.9 Å². The highest BCUT2D eigenvalue weighted by atomic mass is 16.5. The zero-order valence-corrected chi connectivity index (χ0v) is 17.2. The maximum absolute atomic E-state index is 12.6. The first kappa shape index (κ1) is 21.4. The Morgan fingerprint density at radius 1 is 0.929 bits per heavy atom. The van der Waals surface area contributed by atoms with E-state index in [2.05, 4.69) is 12.2 Å². The van der Waals surface area contributed by atoms with Crippen molar-refractivity contribution >= 4 is 5.91 Å². The fourth-order valence-corrected chi connectivity index (χ4v) is 2.83. The molecular formula is C22H29NO5. The van der Waals surface area contributed by atoms with Gasteiger partial charge in [-0.3, -0.25) is 4.79 Å². The monoisotopic (exact) mass is 387 g/mol. The number of methoxy groups -OCH3 is 3. The minimum Gasteiger partial charge on any atom is -0.493 e. The number of aryl methyl sites for hydroxylation is 1. The summed E-state index contributed by atoms with van der Waals surface area (Å²) in [6.45, 7) is 4.34. The summed E-state index contributed by atoms with van der Waals surface area (Å²) in [5, 5.41) is 2.92. The smallest absolute Gasteiger partial charge is 0.261 e. The average Bonchev–Trinajstić information content (AvgIpc) is 2.75. The normalized spacial score (nSPS) is 11.5. The van der Waals surface area contributed by atoms with Crippen molar-refractivity contribution in [3.8, 4) is 23.0 Å². The molecule has 1 N–H and O–H groups in total. The van der Waals surface area contributed by atoms with Crippen molar-refractivity contribution in [3.63, 3.8) is 0 Å². The first-order valence-corrected chi connectivity index (χ1v) is 9.38. The van der Waals surface area contributed by atoms with E-state index < -0.39 is 6.10 Å². The number of hydrogen-bond acceptors (Lipinski definition) is 5. The van der Waals surface area contributed by atoms with Gasteiger partial charge in [0.2, 0.25) is 5.75 Å². The molecule has 2 rings (SSSR count). The van der Waals surface area contributed by atoms with Gasteiger partial charge >= 0.3 is 0 Å². The Morgan fingerprint density at radius 2 is 1.54 bits per heavy atom. The largest absolute Gasteiger partial charge is 0.493 e. The second-order valence-corrected chi connectivity index (χ2v) is 6.26. The Labute approximate surface area is 166 Å². The van der Waals surface area contributed by atoms with Crippen LogP contribution >= 0.6 is 0 Å². The lowest BCUT2D eigenvalue weighted by Crippen LogP contribution is -2.37. The molecule has 0 unspecified atom stereocenters. The number of rotatable bonds is 10. The standard InChI is InChI=1S/C22H29NO5/c1-6-15-8-10-17(11-9-15)28-18(7-2)22(24)23-14-16-12-19(25-3)21(27-5)20(13-16)26-4/h8-13,18H,6-7,14H2,1-5H3,(H,23,24)/t18-/m0/s1. The molecule has 2 aromatic rings. The summed E-state index contributed by atoms with van der Waals surface area (Å²) in [6, 6.07) is 11.4. The second-order valence-electron chi connectivity index (χ2n) is 6.26. The molecule has 0 heterocycles. The van der Waals surface area contributed by atoms with Gasteiger partial charge in [-0.15, -0.1) is 0 Å². The fourth-order valence-electron chi connectivity index (χ4n) is 2.83. The van der Waals surface area contributed by atoms with E-state index in [0.717, 1.165) is 12.0 Å². The number of benzene rings is 2. The Hall–Kier alpha value is -2.89. The molecule has 2 aromatic carbocycles. The number of carbonyl (C=O) groups is 1. The number of ether oxygens (including phenoxy) is 4. The maximum atomic E-state index is 12.6. The van der Waals surface area contributed by atoms with E-state index >= 15 is 0 Å². The average molecular weight is 387 g/mol. The van der Waals surface area contributed by atoms with E-state index in [1.807, 2.05) is 43.3 Å². The molecule has 0 saturated heterocycles. The Bertz CT molecular complexity index is 748. The third-order valence-electron chi connectivity index (χ3n) is 4.46. The number of carbonyl (C=O) groups excluding carboxylic acids is 1. The molecule has 0 radical (unpaired) electrons. The van der Waals surface area contributed by atoms with E-state index in [1.165, 1.54) is 5.56 Å². The van der Waals surface area contributed by atoms with Crippen LogP contribution in [0.4, 0.5) is 0 Å². The Kier molecular flexibility index (Phi) is 7.99. The van der Waals surface area contributed by atoms with E-state index in [1.54, 1.807) is 21.3 Å². The molecular weight excluding hydrogens is 358 g/mol. The first-order chi connectivity index (χ1) is 13.6. The predicted molar refractivity (Wildman–Crippen MR) is 108 cm³/mol. The van der Waals surface area contributed by atoms with Crippen molar-refractivity contribution in [1.82, 2.24) is 5.32 Å². The van der Waals surface area contributed by atoms with Crippen LogP contribution in [0.2, 0.25) is 0 Å². The molecule has 0 aliphatic carbocycles.